The summed E-state index contributed by atoms with van der Waals surface area (Å²) in [5, 5.41) is 31.5. The molecule has 0 bridgehead atoms. The fraction of sp³-hybridized carbons (Fsp3) is 1.00. The zero-order valence-electron chi connectivity index (χ0n) is 6.85. The molecule has 4 N–H and O–H groups in total. The molecule has 4 nitrogen and oxygen atoms in total. The maximum Gasteiger partial charge on any atom is 0.0927 e. The van der Waals surface area contributed by atoms with E-state index in [1.807, 2.05) is 0 Å². The maximum absolute atomic E-state index is 9.57. The van der Waals surface area contributed by atoms with E-state index in [0.717, 1.165) is 12.8 Å². The van der Waals surface area contributed by atoms with Gasteiger partial charge in [-0.3, -0.25) is 0 Å². The minimum absolute atomic E-state index is 0.172. The molecule has 0 unspecified atom stereocenters. The van der Waals surface area contributed by atoms with Gasteiger partial charge in [-0.25, -0.2) is 0 Å². The Morgan fingerprint density at radius 3 is 2.50 bits per heavy atom. The first kappa shape index (κ1) is 8.44. The molecule has 2 aliphatic rings. The van der Waals surface area contributed by atoms with Crippen LogP contribution < -0.4 is 5.32 Å². The van der Waals surface area contributed by atoms with Crippen molar-refractivity contribution in [3.8, 4) is 0 Å². The van der Waals surface area contributed by atoms with Crippen molar-refractivity contribution in [2.45, 2.75) is 37.2 Å². The molecule has 2 rings (SSSR count). The van der Waals surface area contributed by atoms with Crippen LogP contribution in [0.2, 0.25) is 0 Å². The third-order valence-corrected chi connectivity index (χ3v) is 3.06. The molecule has 0 aromatic carbocycles. The van der Waals surface area contributed by atoms with E-state index in [-0.39, 0.29) is 12.0 Å². The first-order valence-corrected chi connectivity index (χ1v) is 4.47. The standard InChI is InChI=1S/C8H15NO3/c10-5-2-1-4-7(5)8(12)6(11)3-9-4/h4-12H,1-3H2/t4-,5-,6+,7+,8+/m0/s1. The van der Waals surface area contributed by atoms with Gasteiger partial charge in [-0.05, 0) is 12.8 Å². The molecule has 4 heteroatoms. The molecule has 0 aromatic heterocycles. The Labute approximate surface area is 71.2 Å². The molecule has 1 saturated carbocycles. The van der Waals surface area contributed by atoms with E-state index in [1.165, 1.54) is 0 Å². The van der Waals surface area contributed by atoms with Crippen molar-refractivity contribution < 1.29 is 15.3 Å². The number of hydrogen-bond donors (Lipinski definition) is 4. The maximum atomic E-state index is 9.57. The van der Waals surface area contributed by atoms with Gasteiger partial charge in [0.1, 0.15) is 0 Å². The first-order chi connectivity index (χ1) is 5.70. The number of aliphatic hydroxyl groups excluding tert-OH is 3. The van der Waals surface area contributed by atoms with Crippen LogP contribution in [0.15, 0.2) is 0 Å². The highest BCUT2D eigenvalue weighted by molar-refractivity contribution is 4.99. The SMILES string of the molecule is O[C@H]1[C@@H]2[C@H](CC[C@@H]2O)NC[C@H]1O. The fourth-order valence-corrected chi connectivity index (χ4v) is 2.36. The highest BCUT2D eigenvalue weighted by atomic mass is 16.3. The summed E-state index contributed by atoms with van der Waals surface area (Å²) >= 11 is 0. The van der Waals surface area contributed by atoms with E-state index in [2.05, 4.69) is 5.32 Å². The zero-order chi connectivity index (χ0) is 8.72. The fourth-order valence-electron chi connectivity index (χ4n) is 2.36. The highest BCUT2D eigenvalue weighted by Gasteiger charge is 2.45. The summed E-state index contributed by atoms with van der Waals surface area (Å²) in [6.07, 6.45) is -0.304. The lowest BCUT2D eigenvalue weighted by Crippen LogP contribution is -2.56. The molecule has 1 aliphatic heterocycles. The van der Waals surface area contributed by atoms with Crippen molar-refractivity contribution in [1.29, 1.82) is 0 Å². The smallest absolute Gasteiger partial charge is 0.0927 e. The molecular formula is C8H15NO3. The second-order valence-corrected chi connectivity index (χ2v) is 3.79. The van der Waals surface area contributed by atoms with E-state index < -0.39 is 18.3 Å². The van der Waals surface area contributed by atoms with Crippen LogP contribution in [0.3, 0.4) is 0 Å². The average molecular weight is 173 g/mol. The van der Waals surface area contributed by atoms with E-state index in [1.54, 1.807) is 0 Å². The van der Waals surface area contributed by atoms with E-state index in [9.17, 15) is 15.3 Å². The molecule has 0 amide bonds. The second kappa shape index (κ2) is 2.96. The molecule has 70 valence electrons. The molecule has 12 heavy (non-hydrogen) atoms. The Morgan fingerprint density at radius 2 is 1.75 bits per heavy atom. The van der Waals surface area contributed by atoms with Crippen LogP contribution in [0, 0.1) is 5.92 Å². The van der Waals surface area contributed by atoms with Crippen molar-refractivity contribution in [3.63, 3.8) is 0 Å². The monoisotopic (exact) mass is 173 g/mol. The van der Waals surface area contributed by atoms with Crippen LogP contribution in [-0.2, 0) is 0 Å². The number of piperidine rings is 1. The van der Waals surface area contributed by atoms with E-state index in [4.69, 9.17) is 0 Å². The van der Waals surface area contributed by atoms with E-state index in [0.29, 0.717) is 6.54 Å². The number of fused-ring (bicyclic) bond motifs is 1. The zero-order valence-corrected chi connectivity index (χ0v) is 6.85. The van der Waals surface area contributed by atoms with Gasteiger partial charge >= 0.3 is 0 Å². The Kier molecular flexibility index (Phi) is 2.08. The molecule has 5 atom stereocenters. The Balaban J connectivity index is 2.11. The van der Waals surface area contributed by atoms with Crippen LogP contribution in [0.4, 0.5) is 0 Å². The van der Waals surface area contributed by atoms with Crippen molar-refractivity contribution in [2.24, 2.45) is 5.92 Å². The number of aliphatic hydroxyl groups is 3. The third kappa shape index (κ3) is 1.15. The van der Waals surface area contributed by atoms with Crippen molar-refractivity contribution in [1.82, 2.24) is 5.32 Å². The number of hydrogen-bond acceptors (Lipinski definition) is 4. The lowest BCUT2D eigenvalue weighted by molar-refractivity contribution is -0.0735. The predicted octanol–water partition coefficient (Wildman–Crippen LogP) is -1.55. The highest BCUT2D eigenvalue weighted by Crippen LogP contribution is 2.32. The summed E-state index contributed by atoms with van der Waals surface area (Å²) in [4.78, 5) is 0. The lowest BCUT2D eigenvalue weighted by Gasteiger charge is -2.36. The van der Waals surface area contributed by atoms with Crippen LogP contribution in [-0.4, -0.2) is 46.2 Å². The van der Waals surface area contributed by atoms with E-state index >= 15 is 0 Å². The molecule has 0 radical (unpaired) electrons. The summed E-state index contributed by atoms with van der Waals surface area (Å²) in [6.45, 7) is 0.440. The molecule has 1 saturated heterocycles. The van der Waals surface area contributed by atoms with Crippen LogP contribution in [0.1, 0.15) is 12.8 Å². The van der Waals surface area contributed by atoms with Crippen LogP contribution >= 0.6 is 0 Å². The van der Waals surface area contributed by atoms with Crippen LogP contribution in [0.25, 0.3) is 0 Å². The Morgan fingerprint density at radius 1 is 1.00 bits per heavy atom. The van der Waals surface area contributed by atoms with Gasteiger partial charge in [0, 0.05) is 18.5 Å². The van der Waals surface area contributed by atoms with Gasteiger partial charge in [0.05, 0.1) is 18.3 Å². The van der Waals surface area contributed by atoms with Crippen molar-refractivity contribution in [3.05, 3.63) is 0 Å². The van der Waals surface area contributed by atoms with Crippen LogP contribution in [0.5, 0.6) is 0 Å². The van der Waals surface area contributed by atoms with Gasteiger partial charge in [-0.1, -0.05) is 0 Å². The van der Waals surface area contributed by atoms with Gasteiger partial charge < -0.3 is 20.6 Å². The predicted molar refractivity (Wildman–Crippen MR) is 42.5 cm³/mol. The average Bonchev–Trinajstić information content (AvgIpc) is 2.41. The molecule has 2 fully saturated rings. The van der Waals surface area contributed by atoms with Gasteiger partial charge in [-0.2, -0.15) is 0 Å². The summed E-state index contributed by atoms with van der Waals surface area (Å²) < 4.78 is 0. The third-order valence-electron chi connectivity index (χ3n) is 3.06. The topological polar surface area (TPSA) is 72.7 Å². The van der Waals surface area contributed by atoms with Gasteiger partial charge in [0.25, 0.3) is 0 Å². The Bertz CT molecular complexity index is 176. The quantitative estimate of drug-likeness (QED) is 0.358. The summed E-state index contributed by atoms with van der Waals surface area (Å²) in [6, 6.07) is 0.193. The minimum atomic E-state index is -0.756. The lowest BCUT2D eigenvalue weighted by atomic mass is 9.88. The summed E-state index contributed by atoms with van der Waals surface area (Å²) in [5.74, 6) is -0.172. The van der Waals surface area contributed by atoms with Gasteiger partial charge in [-0.15, -0.1) is 0 Å². The molecule has 1 heterocycles. The van der Waals surface area contributed by atoms with Crippen molar-refractivity contribution >= 4 is 0 Å². The molecule has 0 aromatic rings. The molecule has 1 aliphatic carbocycles. The minimum Gasteiger partial charge on any atom is -0.393 e. The van der Waals surface area contributed by atoms with Gasteiger partial charge in [0.15, 0.2) is 0 Å². The Hall–Kier alpha value is -0.160. The summed E-state index contributed by atoms with van der Waals surface area (Å²) in [7, 11) is 0. The summed E-state index contributed by atoms with van der Waals surface area (Å²) in [5.41, 5.74) is 0. The largest absolute Gasteiger partial charge is 0.393 e. The second-order valence-electron chi connectivity index (χ2n) is 3.79. The molecule has 0 spiro atoms. The number of β-amino-alcohol motifs (C(OH)–C–C–N with tert-alkyl or cyclic N) is 1. The first-order valence-electron chi connectivity index (χ1n) is 4.47. The van der Waals surface area contributed by atoms with Crippen molar-refractivity contribution in [2.75, 3.05) is 6.54 Å². The molecular weight excluding hydrogens is 158 g/mol. The number of nitrogens with one attached hydrogen (secondary N) is 1. The van der Waals surface area contributed by atoms with Gasteiger partial charge in [0.2, 0.25) is 0 Å². The normalized spacial score (nSPS) is 53.8. The number of rotatable bonds is 0.